The minimum absolute atomic E-state index is 0.0476. The van der Waals surface area contributed by atoms with Crippen LogP contribution in [0.2, 0.25) is 5.02 Å². The summed E-state index contributed by atoms with van der Waals surface area (Å²) < 4.78 is 0. The maximum Gasteiger partial charge on any atom is 0.303 e. The Morgan fingerprint density at radius 2 is 1.95 bits per heavy atom. The van der Waals surface area contributed by atoms with Gasteiger partial charge >= 0.3 is 5.97 Å². The minimum atomic E-state index is -0.934. The van der Waals surface area contributed by atoms with Crippen molar-refractivity contribution in [3.05, 3.63) is 34.9 Å². The molecule has 0 aliphatic heterocycles. The van der Waals surface area contributed by atoms with Crippen LogP contribution >= 0.6 is 11.6 Å². The van der Waals surface area contributed by atoms with E-state index in [0.29, 0.717) is 10.6 Å². The lowest BCUT2D eigenvalue weighted by atomic mass is 10.1. The van der Waals surface area contributed by atoms with E-state index in [9.17, 15) is 14.4 Å². The highest BCUT2D eigenvalue weighted by molar-refractivity contribution is 6.30. The molecule has 1 aromatic carbocycles. The van der Waals surface area contributed by atoms with Crippen LogP contribution in [0.4, 0.5) is 0 Å². The third-order valence-corrected chi connectivity index (χ3v) is 2.61. The lowest BCUT2D eigenvalue weighted by Gasteiger charge is -2.04. The Bertz CT molecular complexity index is 487. The molecule has 0 heterocycles. The van der Waals surface area contributed by atoms with E-state index in [1.54, 1.807) is 18.2 Å². The van der Waals surface area contributed by atoms with Gasteiger partial charge in [0, 0.05) is 23.4 Å². The Morgan fingerprint density at radius 1 is 1.21 bits per heavy atom. The van der Waals surface area contributed by atoms with Gasteiger partial charge in [-0.3, -0.25) is 14.4 Å². The first-order chi connectivity index (χ1) is 8.99. The molecule has 0 fully saturated rings. The number of rotatable bonds is 7. The summed E-state index contributed by atoms with van der Waals surface area (Å²) in [6.07, 6.45) is 0.372. The van der Waals surface area contributed by atoms with Gasteiger partial charge in [0.1, 0.15) is 0 Å². The maximum absolute atomic E-state index is 11.7. The average Bonchev–Trinajstić information content (AvgIpc) is 2.35. The van der Waals surface area contributed by atoms with Gasteiger partial charge in [-0.15, -0.1) is 0 Å². The number of hydrogen-bond donors (Lipinski definition) is 2. The molecule has 1 rings (SSSR count). The predicted molar refractivity (Wildman–Crippen MR) is 70.3 cm³/mol. The van der Waals surface area contributed by atoms with E-state index in [-0.39, 0.29) is 37.5 Å². The molecule has 0 radical (unpaired) electrons. The first-order valence-electron chi connectivity index (χ1n) is 5.76. The van der Waals surface area contributed by atoms with E-state index >= 15 is 0 Å². The number of amides is 1. The standard InChI is InChI=1S/C13H14ClNO4/c14-10-4-1-3-9(7-10)13(19)15-8-11(16)5-2-6-12(17)18/h1,3-4,7H,2,5-6,8H2,(H,15,19)(H,17,18). The first-order valence-corrected chi connectivity index (χ1v) is 6.14. The minimum Gasteiger partial charge on any atom is -0.481 e. The largest absolute Gasteiger partial charge is 0.481 e. The Balaban J connectivity index is 2.34. The Labute approximate surface area is 115 Å². The van der Waals surface area contributed by atoms with Crippen molar-refractivity contribution >= 4 is 29.3 Å². The molecule has 19 heavy (non-hydrogen) atoms. The highest BCUT2D eigenvalue weighted by atomic mass is 35.5. The van der Waals surface area contributed by atoms with Crippen LogP contribution in [-0.4, -0.2) is 29.3 Å². The number of hydrogen-bond acceptors (Lipinski definition) is 3. The lowest BCUT2D eigenvalue weighted by molar-refractivity contribution is -0.137. The Kier molecular flexibility index (Phi) is 6.02. The number of carboxylic acids is 1. The molecule has 5 nitrogen and oxygen atoms in total. The molecule has 0 atom stereocenters. The molecular weight excluding hydrogens is 270 g/mol. The monoisotopic (exact) mass is 283 g/mol. The van der Waals surface area contributed by atoms with Crippen LogP contribution in [0.25, 0.3) is 0 Å². The fourth-order valence-corrected chi connectivity index (χ4v) is 1.63. The fraction of sp³-hybridized carbons (Fsp3) is 0.308. The van der Waals surface area contributed by atoms with Crippen LogP contribution in [-0.2, 0) is 9.59 Å². The molecule has 0 unspecified atom stereocenters. The van der Waals surface area contributed by atoms with Crippen molar-refractivity contribution in [3.8, 4) is 0 Å². The summed E-state index contributed by atoms with van der Waals surface area (Å²) in [5.74, 6) is -1.51. The van der Waals surface area contributed by atoms with Gasteiger partial charge in [0.2, 0.25) is 0 Å². The van der Waals surface area contributed by atoms with Gasteiger partial charge in [-0.05, 0) is 24.6 Å². The van der Waals surface area contributed by atoms with Crippen molar-refractivity contribution in [2.24, 2.45) is 0 Å². The summed E-state index contributed by atoms with van der Waals surface area (Å²) in [4.78, 5) is 33.3. The van der Waals surface area contributed by atoms with E-state index < -0.39 is 5.97 Å². The lowest BCUT2D eigenvalue weighted by Crippen LogP contribution is -2.29. The Hall–Kier alpha value is -1.88. The molecule has 6 heteroatoms. The van der Waals surface area contributed by atoms with Gasteiger partial charge < -0.3 is 10.4 Å². The van der Waals surface area contributed by atoms with E-state index in [1.165, 1.54) is 6.07 Å². The average molecular weight is 284 g/mol. The zero-order valence-electron chi connectivity index (χ0n) is 10.2. The number of carbonyl (C=O) groups excluding carboxylic acids is 2. The zero-order valence-corrected chi connectivity index (χ0v) is 10.9. The van der Waals surface area contributed by atoms with E-state index in [4.69, 9.17) is 16.7 Å². The molecule has 0 spiro atoms. The number of ketones is 1. The van der Waals surface area contributed by atoms with Gasteiger partial charge in [0.15, 0.2) is 5.78 Å². The summed E-state index contributed by atoms with van der Waals surface area (Å²) in [5.41, 5.74) is 0.380. The zero-order chi connectivity index (χ0) is 14.3. The number of halogens is 1. The molecule has 1 amide bonds. The summed E-state index contributed by atoms with van der Waals surface area (Å²) >= 11 is 5.75. The van der Waals surface area contributed by atoms with Crippen molar-refractivity contribution < 1.29 is 19.5 Å². The molecule has 0 saturated carbocycles. The number of benzene rings is 1. The van der Waals surface area contributed by atoms with Crippen molar-refractivity contribution in [1.29, 1.82) is 0 Å². The molecular formula is C13H14ClNO4. The van der Waals surface area contributed by atoms with E-state index in [2.05, 4.69) is 5.32 Å². The maximum atomic E-state index is 11.7. The second-order valence-corrected chi connectivity index (χ2v) is 4.42. The highest BCUT2D eigenvalue weighted by Gasteiger charge is 2.09. The van der Waals surface area contributed by atoms with Crippen molar-refractivity contribution in [2.45, 2.75) is 19.3 Å². The van der Waals surface area contributed by atoms with Crippen LogP contribution in [0.3, 0.4) is 0 Å². The van der Waals surface area contributed by atoms with Gasteiger partial charge in [0.05, 0.1) is 6.54 Å². The predicted octanol–water partition coefficient (Wildman–Crippen LogP) is 1.89. The number of carbonyl (C=O) groups is 3. The van der Waals surface area contributed by atoms with Crippen molar-refractivity contribution in [3.63, 3.8) is 0 Å². The second kappa shape index (κ2) is 7.53. The fourth-order valence-electron chi connectivity index (χ4n) is 1.44. The van der Waals surface area contributed by atoms with Gasteiger partial charge in [-0.1, -0.05) is 17.7 Å². The first kappa shape index (κ1) is 15.2. The van der Waals surface area contributed by atoms with E-state index in [0.717, 1.165) is 0 Å². The van der Waals surface area contributed by atoms with Crippen LogP contribution in [0, 0.1) is 0 Å². The molecule has 0 bridgehead atoms. The second-order valence-electron chi connectivity index (χ2n) is 3.98. The molecule has 2 N–H and O–H groups in total. The number of aliphatic carboxylic acids is 1. The Morgan fingerprint density at radius 3 is 2.58 bits per heavy atom. The van der Waals surface area contributed by atoms with Gasteiger partial charge in [0.25, 0.3) is 5.91 Å². The van der Waals surface area contributed by atoms with Crippen LogP contribution in [0.1, 0.15) is 29.6 Å². The van der Waals surface area contributed by atoms with Gasteiger partial charge in [-0.2, -0.15) is 0 Å². The van der Waals surface area contributed by atoms with Crippen LogP contribution in [0.15, 0.2) is 24.3 Å². The highest BCUT2D eigenvalue weighted by Crippen LogP contribution is 2.10. The summed E-state index contributed by atoms with van der Waals surface area (Å²) in [5, 5.41) is 11.3. The molecule has 0 aliphatic carbocycles. The summed E-state index contributed by atoms with van der Waals surface area (Å²) in [7, 11) is 0. The third kappa shape index (κ3) is 6.01. The smallest absolute Gasteiger partial charge is 0.303 e. The SMILES string of the molecule is O=C(O)CCCC(=O)CNC(=O)c1cccc(Cl)c1. The molecule has 0 saturated heterocycles. The molecule has 1 aromatic rings. The van der Waals surface area contributed by atoms with E-state index in [1.807, 2.05) is 0 Å². The summed E-state index contributed by atoms with van der Waals surface area (Å²) in [6, 6.07) is 6.39. The van der Waals surface area contributed by atoms with Gasteiger partial charge in [-0.25, -0.2) is 0 Å². The van der Waals surface area contributed by atoms with Crippen LogP contribution in [0.5, 0.6) is 0 Å². The summed E-state index contributed by atoms with van der Waals surface area (Å²) in [6.45, 7) is -0.106. The van der Waals surface area contributed by atoms with Crippen molar-refractivity contribution in [2.75, 3.05) is 6.54 Å². The number of nitrogens with one attached hydrogen (secondary N) is 1. The van der Waals surface area contributed by atoms with Crippen molar-refractivity contribution in [1.82, 2.24) is 5.32 Å². The normalized spacial score (nSPS) is 9.95. The third-order valence-electron chi connectivity index (χ3n) is 2.38. The number of Topliss-reactive ketones (excluding diaryl/α,β-unsaturated/α-hetero) is 1. The topological polar surface area (TPSA) is 83.5 Å². The molecule has 0 aromatic heterocycles. The quantitative estimate of drug-likeness (QED) is 0.800. The molecule has 0 aliphatic rings. The molecule has 102 valence electrons. The van der Waals surface area contributed by atoms with Crippen LogP contribution < -0.4 is 5.32 Å². The number of carboxylic acid groups (broad SMARTS) is 1.